The Labute approximate surface area is 105 Å². The zero-order valence-electron chi connectivity index (χ0n) is 10.1. The Hall–Kier alpha value is -2.36. The monoisotopic (exact) mass is 238 g/mol. The van der Waals surface area contributed by atoms with E-state index in [1.54, 1.807) is 0 Å². The van der Waals surface area contributed by atoms with E-state index in [-0.39, 0.29) is 0 Å². The first-order valence-corrected chi connectivity index (χ1v) is 5.98. The van der Waals surface area contributed by atoms with Gasteiger partial charge in [-0.15, -0.1) is 0 Å². The molecule has 18 heavy (non-hydrogen) atoms. The number of rotatable bonds is 2. The molecule has 2 aromatic heterocycles. The highest BCUT2D eigenvalue weighted by molar-refractivity contribution is 5.94. The molecule has 0 aliphatic rings. The first kappa shape index (κ1) is 10.8. The van der Waals surface area contributed by atoms with Gasteiger partial charge >= 0.3 is 0 Å². The molecular weight excluding hydrogens is 224 g/mol. The molecule has 0 aliphatic carbocycles. The molecule has 2 heterocycles. The van der Waals surface area contributed by atoms with Crippen LogP contribution in [0.3, 0.4) is 0 Å². The number of nitrogen functional groups attached to an aromatic ring is 1. The van der Waals surface area contributed by atoms with Crippen LogP contribution >= 0.6 is 0 Å². The van der Waals surface area contributed by atoms with Gasteiger partial charge in [-0.25, -0.2) is 0 Å². The highest BCUT2D eigenvalue weighted by Crippen LogP contribution is 2.30. The molecule has 3 rings (SSSR count). The van der Waals surface area contributed by atoms with E-state index < -0.39 is 0 Å². The van der Waals surface area contributed by atoms with Gasteiger partial charge in [0, 0.05) is 22.7 Å². The molecule has 0 aliphatic heterocycles. The first-order valence-electron chi connectivity index (χ1n) is 5.98. The number of fused-ring (bicyclic) bond motifs is 1. The lowest BCUT2D eigenvalue weighted by atomic mass is 10.0. The number of aromatic amines is 1. The summed E-state index contributed by atoms with van der Waals surface area (Å²) in [5.41, 5.74) is 10.0. The van der Waals surface area contributed by atoms with Crippen LogP contribution in [-0.2, 0) is 6.42 Å². The molecule has 0 unspecified atom stereocenters. The number of pyridine rings is 1. The summed E-state index contributed by atoms with van der Waals surface area (Å²) < 4.78 is 0. The van der Waals surface area contributed by atoms with Gasteiger partial charge < -0.3 is 5.73 Å². The summed E-state index contributed by atoms with van der Waals surface area (Å²) in [5, 5.41) is 8.24. The van der Waals surface area contributed by atoms with Crippen LogP contribution in [0, 0.1) is 0 Å². The van der Waals surface area contributed by atoms with Crippen molar-refractivity contribution in [2.24, 2.45) is 0 Å². The van der Waals surface area contributed by atoms with E-state index in [0.717, 1.165) is 34.1 Å². The molecule has 0 amide bonds. The van der Waals surface area contributed by atoms with Crippen molar-refractivity contribution < 1.29 is 0 Å². The largest absolute Gasteiger partial charge is 0.382 e. The number of nitrogens with one attached hydrogen (secondary N) is 1. The minimum atomic E-state index is 0.577. The van der Waals surface area contributed by atoms with E-state index >= 15 is 0 Å². The zero-order chi connectivity index (χ0) is 12.5. The highest BCUT2D eigenvalue weighted by Gasteiger charge is 2.13. The van der Waals surface area contributed by atoms with E-state index in [2.05, 4.69) is 28.2 Å². The van der Waals surface area contributed by atoms with Gasteiger partial charge in [-0.3, -0.25) is 10.1 Å². The van der Waals surface area contributed by atoms with Crippen molar-refractivity contribution in [2.45, 2.75) is 13.3 Å². The third-order valence-electron chi connectivity index (χ3n) is 3.17. The lowest BCUT2D eigenvalue weighted by Gasteiger charge is -2.05. The molecule has 3 N–H and O–H groups in total. The molecule has 0 saturated carbocycles. The first-order chi connectivity index (χ1) is 8.81. The Kier molecular flexibility index (Phi) is 2.48. The molecule has 0 spiro atoms. The lowest BCUT2D eigenvalue weighted by molar-refractivity contribution is 1.10. The summed E-state index contributed by atoms with van der Waals surface area (Å²) in [5.74, 6) is 0.577. The Morgan fingerprint density at radius 3 is 2.89 bits per heavy atom. The van der Waals surface area contributed by atoms with Crippen molar-refractivity contribution in [2.75, 3.05) is 5.73 Å². The molecule has 1 aromatic carbocycles. The highest BCUT2D eigenvalue weighted by atomic mass is 15.2. The topological polar surface area (TPSA) is 67.6 Å². The summed E-state index contributed by atoms with van der Waals surface area (Å²) in [7, 11) is 0. The maximum Gasteiger partial charge on any atom is 0.149 e. The van der Waals surface area contributed by atoms with Crippen LogP contribution in [0.15, 0.2) is 36.5 Å². The maximum absolute atomic E-state index is 5.88. The van der Waals surface area contributed by atoms with Gasteiger partial charge in [0.2, 0.25) is 0 Å². The minimum absolute atomic E-state index is 0.577. The Morgan fingerprint density at radius 1 is 1.22 bits per heavy atom. The van der Waals surface area contributed by atoms with Gasteiger partial charge in [-0.05, 0) is 18.6 Å². The van der Waals surface area contributed by atoms with Crippen molar-refractivity contribution in [1.29, 1.82) is 0 Å². The zero-order valence-corrected chi connectivity index (χ0v) is 10.1. The molecule has 0 bridgehead atoms. The molecule has 0 atom stereocenters. The number of hydrogen-bond donors (Lipinski definition) is 2. The smallest absolute Gasteiger partial charge is 0.149 e. The van der Waals surface area contributed by atoms with Gasteiger partial charge in [0.25, 0.3) is 0 Å². The van der Waals surface area contributed by atoms with Crippen LogP contribution in [0.2, 0.25) is 0 Å². The second-order valence-electron chi connectivity index (χ2n) is 4.19. The van der Waals surface area contributed by atoms with E-state index in [1.807, 2.05) is 30.5 Å². The third-order valence-corrected chi connectivity index (χ3v) is 3.17. The summed E-state index contributed by atoms with van der Waals surface area (Å²) in [6.45, 7) is 2.08. The molecule has 4 nitrogen and oxygen atoms in total. The van der Waals surface area contributed by atoms with Crippen LogP contribution in [0.1, 0.15) is 12.5 Å². The Bertz CT molecular complexity index is 695. The normalized spacial score (nSPS) is 10.9. The molecule has 90 valence electrons. The number of H-pyrrole nitrogens is 1. The van der Waals surface area contributed by atoms with Crippen molar-refractivity contribution in [3.63, 3.8) is 0 Å². The number of nitrogens with two attached hydrogens (primary N) is 1. The molecule has 0 fully saturated rings. The van der Waals surface area contributed by atoms with Crippen LogP contribution in [0.5, 0.6) is 0 Å². The number of aromatic nitrogens is 3. The van der Waals surface area contributed by atoms with Gasteiger partial charge in [-0.2, -0.15) is 5.10 Å². The summed E-state index contributed by atoms with van der Waals surface area (Å²) >= 11 is 0. The van der Waals surface area contributed by atoms with Crippen LogP contribution in [-0.4, -0.2) is 15.2 Å². The fourth-order valence-corrected chi connectivity index (χ4v) is 2.27. The summed E-state index contributed by atoms with van der Waals surface area (Å²) in [6.07, 6.45) is 2.67. The molecule has 0 saturated heterocycles. The Balaban J connectivity index is 2.31. The summed E-state index contributed by atoms with van der Waals surface area (Å²) in [4.78, 5) is 4.36. The van der Waals surface area contributed by atoms with Crippen molar-refractivity contribution in [1.82, 2.24) is 15.2 Å². The average Bonchev–Trinajstić information content (AvgIpc) is 2.79. The van der Waals surface area contributed by atoms with Crippen LogP contribution in [0.4, 0.5) is 5.82 Å². The molecule has 4 heteroatoms. The number of para-hydroxylation sites is 1. The average molecular weight is 238 g/mol. The van der Waals surface area contributed by atoms with E-state index in [1.165, 1.54) is 0 Å². The van der Waals surface area contributed by atoms with Crippen molar-refractivity contribution in [3.05, 3.63) is 42.1 Å². The van der Waals surface area contributed by atoms with E-state index in [0.29, 0.717) is 5.82 Å². The van der Waals surface area contributed by atoms with Crippen molar-refractivity contribution in [3.8, 4) is 11.3 Å². The second kappa shape index (κ2) is 4.14. The quantitative estimate of drug-likeness (QED) is 0.721. The van der Waals surface area contributed by atoms with Crippen LogP contribution < -0.4 is 5.73 Å². The number of hydrogen-bond acceptors (Lipinski definition) is 3. The SMILES string of the molecule is CCc1c(N)n[nH]c1-c1ccnc2ccccc12. The second-order valence-corrected chi connectivity index (χ2v) is 4.19. The predicted octanol–water partition coefficient (Wildman–Crippen LogP) is 2.77. The van der Waals surface area contributed by atoms with Crippen LogP contribution in [0.25, 0.3) is 22.2 Å². The summed E-state index contributed by atoms with van der Waals surface area (Å²) in [6, 6.07) is 10.1. The van der Waals surface area contributed by atoms with Crippen molar-refractivity contribution >= 4 is 16.7 Å². The molecular formula is C14H14N4. The number of anilines is 1. The van der Waals surface area contributed by atoms with Gasteiger partial charge in [0.1, 0.15) is 5.82 Å². The third kappa shape index (κ3) is 1.54. The molecule has 3 aromatic rings. The molecule has 0 radical (unpaired) electrons. The Morgan fingerprint density at radius 2 is 2.06 bits per heavy atom. The fourth-order valence-electron chi connectivity index (χ4n) is 2.27. The van der Waals surface area contributed by atoms with Gasteiger partial charge in [0.05, 0.1) is 11.2 Å². The van der Waals surface area contributed by atoms with Gasteiger partial charge in [0.15, 0.2) is 0 Å². The fraction of sp³-hybridized carbons (Fsp3) is 0.143. The number of nitrogens with zero attached hydrogens (tertiary/aromatic N) is 2. The minimum Gasteiger partial charge on any atom is -0.382 e. The van der Waals surface area contributed by atoms with E-state index in [9.17, 15) is 0 Å². The predicted molar refractivity (Wildman–Crippen MR) is 73.1 cm³/mol. The standard InChI is InChI=1S/C14H14N4/c1-2-9-13(17-18-14(9)15)11-7-8-16-12-6-4-3-5-10(11)12/h3-8H,2H2,1H3,(H3,15,17,18). The van der Waals surface area contributed by atoms with E-state index in [4.69, 9.17) is 5.73 Å². The van der Waals surface area contributed by atoms with Gasteiger partial charge in [-0.1, -0.05) is 25.1 Å². The lowest BCUT2D eigenvalue weighted by Crippen LogP contribution is -1.91. The maximum atomic E-state index is 5.88. The number of benzene rings is 1.